The summed E-state index contributed by atoms with van der Waals surface area (Å²) in [7, 11) is 1.90. The van der Waals surface area contributed by atoms with Gasteiger partial charge in [0.05, 0.1) is 6.42 Å². The van der Waals surface area contributed by atoms with E-state index >= 15 is 0 Å². The molecule has 0 unspecified atom stereocenters. The van der Waals surface area contributed by atoms with Gasteiger partial charge >= 0.3 is 5.97 Å². The average Bonchev–Trinajstić information content (AvgIpc) is 2.59. The molecule has 0 spiro atoms. The minimum Gasteiger partial charge on any atom is -0.481 e. The zero-order chi connectivity index (χ0) is 12.3. The topological polar surface area (TPSA) is 57.5 Å². The van der Waals surface area contributed by atoms with E-state index in [4.69, 9.17) is 5.11 Å². The molecule has 0 bridgehead atoms. The fourth-order valence-electron chi connectivity index (χ4n) is 2.23. The third kappa shape index (κ3) is 3.31. The zero-order valence-corrected chi connectivity index (χ0v) is 10.1. The SMILES string of the molecule is Cn1cc(CN2CCNCC2)cc1CC(=O)O. The Kier molecular flexibility index (Phi) is 3.81. The molecule has 17 heavy (non-hydrogen) atoms. The van der Waals surface area contributed by atoms with Gasteiger partial charge in [0.15, 0.2) is 0 Å². The van der Waals surface area contributed by atoms with E-state index < -0.39 is 5.97 Å². The summed E-state index contributed by atoms with van der Waals surface area (Å²) >= 11 is 0. The van der Waals surface area contributed by atoms with Crippen molar-refractivity contribution in [2.24, 2.45) is 7.05 Å². The fraction of sp³-hybridized carbons (Fsp3) is 0.583. The van der Waals surface area contributed by atoms with Crippen molar-refractivity contribution in [1.82, 2.24) is 14.8 Å². The molecule has 1 fully saturated rings. The van der Waals surface area contributed by atoms with Crippen molar-refractivity contribution in [3.63, 3.8) is 0 Å². The molecule has 0 saturated carbocycles. The van der Waals surface area contributed by atoms with E-state index in [0.717, 1.165) is 38.4 Å². The molecule has 2 heterocycles. The normalized spacial score (nSPS) is 17.2. The Hall–Kier alpha value is -1.33. The lowest BCUT2D eigenvalue weighted by Gasteiger charge is -2.26. The monoisotopic (exact) mass is 237 g/mol. The minimum atomic E-state index is -0.778. The van der Waals surface area contributed by atoms with Crippen LogP contribution in [0.15, 0.2) is 12.3 Å². The standard InChI is InChI=1S/C12H19N3O2/c1-14-8-10(6-11(14)7-12(16)17)9-15-4-2-13-3-5-15/h6,8,13H,2-5,7,9H2,1H3,(H,16,17). The first-order valence-corrected chi connectivity index (χ1v) is 5.94. The van der Waals surface area contributed by atoms with Crippen LogP contribution in [0.25, 0.3) is 0 Å². The molecular formula is C12H19N3O2. The van der Waals surface area contributed by atoms with E-state index in [1.807, 2.05) is 23.9 Å². The van der Waals surface area contributed by atoms with Crippen molar-refractivity contribution in [3.05, 3.63) is 23.5 Å². The van der Waals surface area contributed by atoms with Crippen LogP contribution in [0, 0.1) is 0 Å². The van der Waals surface area contributed by atoms with Crippen LogP contribution in [0.5, 0.6) is 0 Å². The van der Waals surface area contributed by atoms with Crippen LogP contribution in [-0.4, -0.2) is 46.7 Å². The Labute approximate surface area is 101 Å². The van der Waals surface area contributed by atoms with Crippen LogP contribution < -0.4 is 5.32 Å². The molecule has 0 amide bonds. The maximum atomic E-state index is 10.7. The Morgan fingerprint density at radius 3 is 2.82 bits per heavy atom. The van der Waals surface area contributed by atoms with Gasteiger partial charge in [-0.3, -0.25) is 9.69 Å². The number of piperazine rings is 1. The predicted octanol–water partition coefficient (Wildman–Crippen LogP) is 0.0574. The van der Waals surface area contributed by atoms with Gasteiger partial charge in [-0.2, -0.15) is 0 Å². The highest BCUT2D eigenvalue weighted by Gasteiger charge is 2.12. The number of nitrogens with one attached hydrogen (secondary N) is 1. The molecule has 1 aromatic heterocycles. The average molecular weight is 237 g/mol. The second-order valence-corrected chi connectivity index (χ2v) is 4.55. The molecule has 1 aromatic rings. The first kappa shape index (κ1) is 12.1. The maximum Gasteiger partial charge on any atom is 0.309 e. The first-order chi connectivity index (χ1) is 8.15. The lowest BCUT2D eigenvalue weighted by atomic mass is 10.2. The molecule has 0 radical (unpaired) electrons. The summed E-state index contributed by atoms with van der Waals surface area (Å²) in [5.74, 6) is -0.778. The molecule has 94 valence electrons. The summed E-state index contributed by atoms with van der Waals surface area (Å²) in [5, 5.41) is 12.1. The van der Waals surface area contributed by atoms with E-state index in [0.29, 0.717) is 0 Å². The van der Waals surface area contributed by atoms with Crippen LogP contribution in [-0.2, 0) is 24.8 Å². The zero-order valence-electron chi connectivity index (χ0n) is 10.1. The molecule has 0 aromatic carbocycles. The summed E-state index contributed by atoms with van der Waals surface area (Å²) in [6.45, 7) is 5.10. The molecular weight excluding hydrogens is 218 g/mol. The molecule has 0 atom stereocenters. The second-order valence-electron chi connectivity index (χ2n) is 4.55. The molecule has 2 N–H and O–H groups in total. The van der Waals surface area contributed by atoms with E-state index in [1.54, 1.807) is 0 Å². The smallest absolute Gasteiger partial charge is 0.309 e. The highest BCUT2D eigenvalue weighted by Crippen LogP contribution is 2.11. The third-order valence-electron chi connectivity index (χ3n) is 3.11. The van der Waals surface area contributed by atoms with Crippen molar-refractivity contribution >= 4 is 5.97 Å². The minimum absolute atomic E-state index is 0.0953. The molecule has 5 heteroatoms. The third-order valence-corrected chi connectivity index (χ3v) is 3.11. The van der Waals surface area contributed by atoms with E-state index in [9.17, 15) is 4.79 Å². The highest BCUT2D eigenvalue weighted by atomic mass is 16.4. The molecule has 0 aliphatic carbocycles. The van der Waals surface area contributed by atoms with E-state index in [2.05, 4.69) is 10.2 Å². The van der Waals surface area contributed by atoms with Gasteiger partial charge in [0.2, 0.25) is 0 Å². The molecule has 1 aliphatic rings. The molecule has 1 aliphatic heterocycles. The Morgan fingerprint density at radius 1 is 1.47 bits per heavy atom. The number of carboxylic acids is 1. The largest absolute Gasteiger partial charge is 0.481 e. The second kappa shape index (κ2) is 5.33. The van der Waals surface area contributed by atoms with Gasteiger partial charge in [0, 0.05) is 51.7 Å². The van der Waals surface area contributed by atoms with Gasteiger partial charge in [0.1, 0.15) is 0 Å². The van der Waals surface area contributed by atoms with Crippen LogP contribution in [0.2, 0.25) is 0 Å². The van der Waals surface area contributed by atoms with E-state index in [-0.39, 0.29) is 6.42 Å². The van der Waals surface area contributed by atoms with Crippen LogP contribution in [0.4, 0.5) is 0 Å². The van der Waals surface area contributed by atoms with Crippen molar-refractivity contribution in [2.45, 2.75) is 13.0 Å². The van der Waals surface area contributed by atoms with Crippen LogP contribution >= 0.6 is 0 Å². The lowest BCUT2D eigenvalue weighted by Crippen LogP contribution is -2.42. The van der Waals surface area contributed by atoms with Gasteiger partial charge in [-0.25, -0.2) is 0 Å². The number of hydrogen-bond acceptors (Lipinski definition) is 3. The number of carbonyl (C=O) groups is 1. The number of aliphatic carboxylic acids is 1. The lowest BCUT2D eigenvalue weighted by molar-refractivity contribution is -0.136. The van der Waals surface area contributed by atoms with Crippen LogP contribution in [0.1, 0.15) is 11.3 Å². The summed E-state index contributed by atoms with van der Waals surface area (Å²) in [6, 6.07) is 2.00. The molecule has 5 nitrogen and oxygen atoms in total. The number of aryl methyl sites for hydroxylation is 1. The van der Waals surface area contributed by atoms with E-state index in [1.165, 1.54) is 5.56 Å². The first-order valence-electron chi connectivity index (χ1n) is 5.94. The summed E-state index contributed by atoms with van der Waals surface area (Å²) < 4.78 is 1.91. The van der Waals surface area contributed by atoms with Crippen molar-refractivity contribution < 1.29 is 9.90 Å². The number of nitrogens with zero attached hydrogens (tertiary/aromatic N) is 2. The van der Waals surface area contributed by atoms with Crippen molar-refractivity contribution in [3.8, 4) is 0 Å². The number of rotatable bonds is 4. The Morgan fingerprint density at radius 2 is 2.18 bits per heavy atom. The Balaban J connectivity index is 1.98. The molecule has 1 saturated heterocycles. The highest BCUT2D eigenvalue weighted by molar-refractivity contribution is 5.69. The van der Waals surface area contributed by atoms with Gasteiger partial charge < -0.3 is 15.0 Å². The summed E-state index contributed by atoms with van der Waals surface area (Å²) in [4.78, 5) is 13.1. The predicted molar refractivity (Wildman–Crippen MR) is 64.9 cm³/mol. The van der Waals surface area contributed by atoms with Crippen molar-refractivity contribution in [1.29, 1.82) is 0 Å². The quantitative estimate of drug-likeness (QED) is 0.777. The van der Waals surface area contributed by atoms with Crippen molar-refractivity contribution in [2.75, 3.05) is 26.2 Å². The number of carboxylic acid groups (broad SMARTS) is 1. The number of hydrogen-bond donors (Lipinski definition) is 2. The molecule has 2 rings (SSSR count). The van der Waals surface area contributed by atoms with Gasteiger partial charge in [-0.05, 0) is 11.6 Å². The number of aromatic nitrogens is 1. The van der Waals surface area contributed by atoms with Crippen LogP contribution in [0.3, 0.4) is 0 Å². The fourth-order valence-corrected chi connectivity index (χ4v) is 2.23. The maximum absolute atomic E-state index is 10.7. The summed E-state index contributed by atoms with van der Waals surface area (Å²) in [5.41, 5.74) is 2.06. The summed E-state index contributed by atoms with van der Waals surface area (Å²) in [6.07, 6.45) is 2.12. The van der Waals surface area contributed by atoms with Gasteiger partial charge in [-0.1, -0.05) is 0 Å². The van der Waals surface area contributed by atoms with Gasteiger partial charge in [-0.15, -0.1) is 0 Å². The Bertz CT molecular complexity index is 394. The van der Waals surface area contributed by atoms with Gasteiger partial charge in [0.25, 0.3) is 0 Å².